The van der Waals surface area contributed by atoms with Gasteiger partial charge in [-0.05, 0) is 57.4 Å². The quantitative estimate of drug-likeness (QED) is 0.868. The lowest BCUT2D eigenvalue weighted by molar-refractivity contribution is -0.127. The molecule has 1 amide bonds. The molecule has 4 heteroatoms. The van der Waals surface area contributed by atoms with E-state index < -0.39 is 0 Å². The molecule has 0 radical (unpaired) electrons. The minimum absolute atomic E-state index is 0.0691. The Morgan fingerprint density at radius 2 is 2.25 bits per heavy atom. The molecule has 0 saturated carbocycles. The van der Waals surface area contributed by atoms with Crippen molar-refractivity contribution in [2.45, 2.75) is 58.5 Å². The number of likely N-dealkylation sites (tertiary alicyclic amines) is 1. The highest BCUT2D eigenvalue weighted by Crippen LogP contribution is 2.27. The first kappa shape index (κ1) is 18.5. The third kappa shape index (κ3) is 4.82. The zero-order valence-electron chi connectivity index (χ0n) is 15.1. The second kappa shape index (κ2) is 8.84. The molecule has 1 aliphatic heterocycles. The molecule has 24 heavy (non-hydrogen) atoms. The summed E-state index contributed by atoms with van der Waals surface area (Å²) in [5, 5.41) is 12.2. The Bertz CT molecular complexity index is 593. The summed E-state index contributed by atoms with van der Waals surface area (Å²) in [6.07, 6.45) is 4.12. The fraction of sp³-hybridized carbons (Fsp3) is 0.600. The summed E-state index contributed by atoms with van der Waals surface area (Å²) in [7, 11) is 0. The van der Waals surface area contributed by atoms with Crippen LogP contribution in [0.25, 0.3) is 0 Å². The number of hydrogen-bond donors (Lipinski definition) is 1. The monoisotopic (exact) mass is 327 g/mol. The van der Waals surface area contributed by atoms with Crippen molar-refractivity contribution < 1.29 is 4.79 Å². The van der Waals surface area contributed by atoms with E-state index in [9.17, 15) is 4.79 Å². The number of carbonyl (C=O) groups is 1. The van der Waals surface area contributed by atoms with Crippen LogP contribution < -0.4 is 5.32 Å². The number of carbonyl (C=O) groups excluding carboxylic acids is 1. The maximum absolute atomic E-state index is 12.5. The second-order valence-corrected chi connectivity index (χ2v) is 6.95. The van der Waals surface area contributed by atoms with Crippen molar-refractivity contribution in [3.63, 3.8) is 0 Å². The summed E-state index contributed by atoms with van der Waals surface area (Å²) >= 11 is 0. The molecule has 1 aromatic rings. The average Bonchev–Trinajstić information content (AvgIpc) is 2.61. The molecular weight excluding hydrogens is 298 g/mol. The van der Waals surface area contributed by atoms with E-state index in [4.69, 9.17) is 5.26 Å². The van der Waals surface area contributed by atoms with Gasteiger partial charge in [0.2, 0.25) is 5.91 Å². The molecule has 1 N–H and O–H groups in total. The summed E-state index contributed by atoms with van der Waals surface area (Å²) in [6.45, 7) is 8.19. The number of hydrogen-bond acceptors (Lipinski definition) is 3. The first-order valence-electron chi connectivity index (χ1n) is 9.09. The highest BCUT2D eigenvalue weighted by molar-refractivity contribution is 5.79. The van der Waals surface area contributed by atoms with Crippen molar-refractivity contribution in [1.29, 1.82) is 5.26 Å². The summed E-state index contributed by atoms with van der Waals surface area (Å²) in [5.74, 6) is 0.262. The molecule has 130 valence electrons. The third-order valence-electron chi connectivity index (χ3n) is 4.98. The van der Waals surface area contributed by atoms with Gasteiger partial charge in [0, 0.05) is 18.6 Å². The minimum atomic E-state index is 0.0691. The first-order chi connectivity index (χ1) is 11.5. The summed E-state index contributed by atoms with van der Waals surface area (Å²) in [5.41, 5.74) is 1.84. The normalized spacial score (nSPS) is 20.8. The Kier molecular flexibility index (Phi) is 6.81. The highest BCUT2D eigenvalue weighted by atomic mass is 16.2. The van der Waals surface area contributed by atoms with Gasteiger partial charge in [0.05, 0.1) is 17.6 Å². The molecule has 4 nitrogen and oxygen atoms in total. The van der Waals surface area contributed by atoms with Gasteiger partial charge in [-0.1, -0.05) is 25.5 Å². The lowest BCUT2D eigenvalue weighted by atomic mass is 9.94. The molecule has 1 aliphatic rings. The first-order valence-corrected chi connectivity index (χ1v) is 9.09. The molecule has 0 aromatic heterocycles. The van der Waals surface area contributed by atoms with Crippen LogP contribution in [0.2, 0.25) is 0 Å². The van der Waals surface area contributed by atoms with E-state index in [1.54, 1.807) is 0 Å². The van der Waals surface area contributed by atoms with E-state index in [2.05, 4.69) is 43.1 Å². The standard InChI is InChI=1S/C20H29N3O/c1-4-7-15(2)22-20(24)19-10-6-11-23(14-19)16(3)18-9-5-8-17(12-18)13-21/h5,8-9,12,15-16,19H,4,6-7,10-11,14H2,1-3H3,(H,22,24). The Balaban J connectivity index is 1.99. The number of benzene rings is 1. The maximum atomic E-state index is 12.5. The van der Waals surface area contributed by atoms with Gasteiger partial charge in [0.25, 0.3) is 0 Å². The van der Waals surface area contributed by atoms with Crippen LogP contribution in [0.5, 0.6) is 0 Å². The zero-order valence-corrected chi connectivity index (χ0v) is 15.1. The predicted molar refractivity (Wildman–Crippen MR) is 96.4 cm³/mol. The van der Waals surface area contributed by atoms with E-state index in [1.165, 1.54) is 0 Å². The van der Waals surface area contributed by atoms with Gasteiger partial charge in [0.15, 0.2) is 0 Å². The molecule has 1 aromatic carbocycles. The van der Waals surface area contributed by atoms with Crippen molar-refractivity contribution in [3.05, 3.63) is 35.4 Å². The molecule has 1 fully saturated rings. The number of nitriles is 1. The van der Waals surface area contributed by atoms with Crippen LogP contribution in [-0.2, 0) is 4.79 Å². The number of amides is 1. The van der Waals surface area contributed by atoms with Crippen LogP contribution in [0.3, 0.4) is 0 Å². The maximum Gasteiger partial charge on any atom is 0.224 e. The van der Waals surface area contributed by atoms with E-state index in [-0.39, 0.29) is 23.9 Å². The van der Waals surface area contributed by atoms with E-state index >= 15 is 0 Å². The summed E-state index contributed by atoms with van der Waals surface area (Å²) < 4.78 is 0. The Morgan fingerprint density at radius 3 is 2.96 bits per heavy atom. The number of nitrogens with one attached hydrogen (secondary N) is 1. The van der Waals surface area contributed by atoms with Gasteiger partial charge < -0.3 is 5.32 Å². The SMILES string of the molecule is CCCC(C)NC(=O)C1CCCN(C(C)c2cccc(C#N)c2)C1. The van der Waals surface area contributed by atoms with E-state index in [0.717, 1.165) is 44.3 Å². The van der Waals surface area contributed by atoms with Crippen LogP contribution in [0.15, 0.2) is 24.3 Å². The Morgan fingerprint density at radius 1 is 1.46 bits per heavy atom. The number of nitrogens with zero attached hydrogens (tertiary/aromatic N) is 2. The Labute approximate surface area is 145 Å². The summed E-state index contributed by atoms with van der Waals surface area (Å²) in [6, 6.07) is 10.5. The molecule has 0 spiro atoms. The van der Waals surface area contributed by atoms with Gasteiger partial charge in [0.1, 0.15) is 0 Å². The number of rotatable bonds is 6. The van der Waals surface area contributed by atoms with Gasteiger partial charge >= 0.3 is 0 Å². The fourth-order valence-electron chi connectivity index (χ4n) is 3.52. The smallest absolute Gasteiger partial charge is 0.224 e. The van der Waals surface area contributed by atoms with Gasteiger partial charge in [-0.15, -0.1) is 0 Å². The Hall–Kier alpha value is -1.86. The molecule has 1 heterocycles. The van der Waals surface area contributed by atoms with Gasteiger partial charge in [-0.3, -0.25) is 9.69 Å². The van der Waals surface area contributed by atoms with Crippen LogP contribution in [0.4, 0.5) is 0 Å². The lowest BCUT2D eigenvalue weighted by Gasteiger charge is -2.36. The van der Waals surface area contributed by atoms with Gasteiger partial charge in [-0.25, -0.2) is 0 Å². The molecule has 2 rings (SSSR count). The van der Waals surface area contributed by atoms with Crippen LogP contribution in [-0.4, -0.2) is 29.9 Å². The third-order valence-corrected chi connectivity index (χ3v) is 4.98. The van der Waals surface area contributed by atoms with Crippen LogP contribution in [0.1, 0.15) is 63.6 Å². The minimum Gasteiger partial charge on any atom is -0.353 e. The van der Waals surface area contributed by atoms with Crippen LogP contribution >= 0.6 is 0 Å². The average molecular weight is 327 g/mol. The largest absolute Gasteiger partial charge is 0.353 e. The van der Waals surface area contributed by atoms with Crippen molar-refractivity contribution in [3.8, 4) is 6.07 Å². The lowest BCUT2D eigenvalue weighted by Crippen LogP contribution is -2.45. The fourth-order valence-corrected chi connectivity index (χ4v) is 3.52. The predicted octanol–water partition coefficient (Wildman–Crippen LogP) is 3.64. The molecule has 1 saturated heterocycles. The van der Waals surface area contributed by atoms with Crippen molar-refractivity contribution in [2.75, 3.05) is 13.1 Å². The van der Waals surface area contributed by atoms with Crippen LogP contribution in [0, 0.1) is 17.2 Å². The van der Waals surface area contributed by atoms with Crippen molar-refractivity contribution in [1.82, 2.24) is 10.2 Å². The van der Waals surface area contributed by atoms with Crippen molar-refractivity contribution >= 4 is 5.91 Å². The molecule has 3 unspecified atom stereocenters. The van der Waals surface area contributed by atoms with E-state index in [1.807, 2.05) is 18.2 Å². The molecular formula is C20H29N3O. The van der Waals surface area contributed by atoms with Gasteiger partial charge in [-0.2, -0.15) is 5.26 Å². The molecule has 3 atom stereocenters. The van der Waals surface area contributed by atoms with E-state index in [0.29, 0.717) is 5.56 Å². The topological polar surface area (TPSA) is 56.1 Å². The van der Waals surface area contributed by atoms with Crippen molar-refractivity contribution in [2.24, 2.45) is 5.92 Å². The molecule has 0 aliphatic carbocycles. The summed E-state index contributed by atoms with van der Waals surface area (Å²) in [4.78, 5) is 14.9. The second-order valence-electron chi connectivity index (χ2n) is 6.95. The highest BCUT2D eigenvalue weighted by Gasteiger charge is 2.29. The molecule has 0 bridgehead atoms. The number of piperidine rings is 1. The zero-order chi connectivity index (χ0) is 17.5.